The third-order valence-corrected chi connectivity index (χ3v) is 5.50. The van der Waals surface area contributed by atoms with Crippen LogP contribution in [0.4, 0.5) is 0 Å². The third-order valence-electron chi connectivity index (χ3n) is 4.51. The molecule has 1 aromatic rings. The smallest absolute Gasteiger partial charge is 0.0333 e. The predicted octanol–water partition coefficient (Wildman–Crippen LogP) is 3.16. The molecule has 18 heavy (non-hydrogen) atoms. The summed E-state index contributed by atoms with van der Waals surface area (Å²) >= 11 is 1.97. The summed E-state index contributed by atoms with van der Waals surface area (Å²) in [6.45, 7) is 6.74. The average molecular weight is 264 g/mol. The third kappa shape index (κ3) is 2.49. The standard InChI is InChI=1S/C15H24N2S/c1-3-16-12-8-13-5-6-14(9-12)17(13)10-15-7-4-11(2)18-15/h4,7,12-14,16H,3,5-6,8-10H2,1-2H3. The van der Waals surface area contributed by atoms with Crippen LogP contribution in [0.5, 0.6) is 0 Å². The molecule has 2 nitrogen and oxygen atoms in total. The van der Waals surface area contributed by atoms with Gasteiger partial charge in [0.1, 0.15) is 0 Å². The van der Waals surface area contributed by atoms with Crippen LogP contribution in [0, 0.1) is 6.92 Å². The lowest BCUT2D eigenvalue weighted by Gasteiger charge is -2.39. The maximum absolute atomic E-state index is 3.65. The molecular weight excluding hydrogens is 240 g/mol. The molecular formula is C15H24N2S. The molecule has 1 N–H and O–H groups in total. The topological polar surface area (TPSA) is 15.3 Å². The Morgan fingerprint density at radius 1 is 1.28 bits per heavy atom. The van der Waals surface area contributed by atoms with Crippen LogP contribution in [0.3, 0.4) is 0 Å². The minimum Gasteiger partial charge on any atom is -0.314 e. The summed E-state index contributed by atoms with van der Waals surface area (Å²) in [6, 6.07) is 7.00. The van der Waals surface area contributed by atoms with Gasteiger partial charge in [-0.2, -0.15) is 0 Å². The van der Waals surface area contributed by atoms with Gasteiger partial charge in [-0.1, -0.05) is 6.92 Å². The number of thiophene rings is 1. The van der Waals surface area contributed by atoms with Gasteiger partial charge >= 0.3 is 0 Å². The van der Waals surface area contributed by atoms with Gasteiger partial charge < -0.3 is 5.32 Å². The van der Waals surface area contributed by atoms with Gasteiger partial charge in [-0.3, -0.25) is 4.90 Å². The van der Waals surface area contributed by atoms with Gasteiger partial charge in [-0.15, -0.1) is 11.3 Å². The van der Waals surface area contributed by atoms with Crippen molar-refractivity contribution in [3.63, 3.8) is 0 Å². The van der Waals surface area contributed by atoms with Crippen molar-refractivity contribution in [2.75, 3.05) is 6.54 Å². The number of piperidine rings is 1. The van der Waals surface area contributed by atoms with Gasteiger partial charge in [0, 0.05) is 34.4 Å². The Kier molecular flexibility index (Phi) is 3.73. The number of hydrogen-bond acceptors (Lipinski definition) is 3. The summed E-state index contributed by atoms with van der Waals surface area (Å²) in [4.78, 5) is 5.77. The van der Waals surface area contributed by atoms with Crippen molar-refractivity contribution >= 4 is 11.3 Å². The van der Waals surface area contributed by atoms with Crippen molar-refractivity contribution in [1.82, 2.24) is 10.2 Å². The number of fused-ring (bicyclic) bond motifs is 2. The van der Waals surface area contributed by atoms with Crippen molar-refractivity contribution in [2.24, 2.45) is 0 Å². The van der Waals surface area contributed by atoms with Crippen molar-refractivity contribution in [1.29, 1.82) is 0 Å². The summed E-state index contributed by atoms with van der Waals surface area (Å²) in [5.74, 6) is 0. The Bertz CT molecular complexity index is 387. The zero-order valence-electron chi connectivity index (χ0n) is 11.5. The van der Waals surface area contributed by atoms with E-state index in [1.54, 1.807) is 4.88 Å². The van der Waals surface area contributed by atoms with E-state index in [0.717, 1.165) is 24.7 Å². The molecule has 0 aromatic carbocycles. The maximum Gasteiger partial charge on any atom is 0.0333 e. The summed E-state index contributed by atoms with van der Waals surface area (Å²) in [6.07, 6.45) is 5.54. The molecule has 2 aliphatic rings. The molecule has 3 rings (SSSR count). The number of hydrogen-bond donors (Lipinski definition) is 1. The SMILES string of the molecule is CCNC1CC2CCC(C1)N2Cc1ccc(C)s1. The minimum absolute atomic E-state index is 0.772. The number of aryl methyl sites for hydroxylation is 1. The average Bonchev–Trinajstić information content (AvgIpc) is 2.83. The predicted molar refractivity (Wildman–Crippen MR) is 78.1 cm³/mol. The summed E-state index contributed by atoms with van der Waals surface area (Å²) in [7, 11) is 0. The second kappa shape index (κ2) is 5.32. The fraction of sp³-hybridized carbons (Fsp3) is 0.733. The highest BCUT2D eigenvalue weighted by Gasteiger charge is 2.40. The Labute approximate surface area is 114 Å². The highest BCUT2D eigenvalue weighted by molar-refractivity contribution is 7.11. The molecule has 2 saturated heterocycles. The molecule has 100 valence electrons. The molecule has 2 bridgehead atoms. The fourth-order valence-corrected chi connectivity index (χ4v) is 4.64. The largest absolute Gasteiger partial charge is 0.314 e. The van der Waals surface area contributed by atoms with Gasteiger partial charge in [0.2, 0.25) is 0 Å². The van der Waals surface area contributed by atoms with Crippen LogP contribution >= 0.6 is 11.3 Å². The Hall–Kier alpha value is -0.380. The van der Waals surface area contributed by atoms with Gasteiger partial charge in [0.15, 0.2) is 0 Å². The fourth-order valence-electron chi connectivity index (χ4n) is 3.74. The first-order valence-corrected chi connectivity index (χ1v) is 8.12. The second-order valence-electron chi connectivity index (χ2n) is 5.80. The van der Waals surface area contributed by atoms with Crippen LogP contribution < -0.4 is 5.32 Å². The first-order chi connectivity index (χ1) is 8.76. The van der Waals surface area contributed by atoms with E-state index in [1.807, 2.05) is 11.3 Å². The molecule has 2 unspecified atom stereocenters. The molecule has 0 aliphatic carbocycles. The molecule has 2 atom stereocenters. The zero-order valence-corrected chi connectivity index (χ0v) is 12.3. The summed E-state index contributed by atoms with van der Waals surface area (Å²) < 4.78 is 0. The van der Waals surface area contributed by atoms with Gasteiger partial charge in [0.05, 0.1) is 0 Å². The van der Waals surface area contributed by atoms with Crippen LogP contribution in [0.25, 0.3) is 0 Å². The van der Waals surface area contributed by atoms with E-state index in [2.05, 4.69) is 36.2 Å². The summed E-state index contributed by atoms with van der Waals surface area (Å²) in [5.41, 5.74) is 0. The number of nitrogens with one attached hydrogen (secondary N) is 1. The number of nitrogens with zero attached hydrogens (tertiary/aromatic N) is 1. The molecule has 3 heteroatoms. The quantitative estimate of drug-likeness (QED) is 0.898. The highest BCUT2D eigenvalue weighted by Crippen LogP contribution is 2.37. The molecule has 0 saturated carbocycles. The lowest BCUT2D eigenvalue weighted by Crippen LogP contribution is -2.48. The van der Waals surface area contributed by atoms with Crippen LogP contribution in [0.1, 0.15) is 42.4 Å². The Balaban J connectivity index is 1.65. The Morgan fingerprint density at radius 3 is 2.56 bits per heavy atom. The van der Waals surface area contributed by atoms with E-state index in [9.17, 15) is 0 Å². The van der Waals surface area contributed by atoms with Crippen molar-refractivity contribution in [3.8, 4) is 0 Å². The van der Waals surface area contributed by atoms with Gasteiger partial charge in [0.25, 0.3) is 0 Å². The van der Waals surface area contributed by atoms with E-state index < -0.39 is 0 Å². The van der Waals surface area contributed by atoms with Crippen molar-refractivity contribution in [2.45, 2.75) is 64.2 Å². The highest BCUT2D eigenvalue weighted by atomic mass is 32.1. The molecule has 0 radical (unpaired) electrons. The van der Waals surface area contributed by atoms with E-state index in [-0.39, 0.29) is 0 Å². The number of rotatable bonds is 4. The van der Waals surface area contributed by atoms with Crippen molar-refractivity contribution in [3.05, 3.63) is 21.9 Å². The molecule has 2 fully saturated rings. The molecule has 0 spiro atoms. The Morgan fingerprint density at radius 2 is 2.00 bits per heavy atom. The lowest BCUT2D eigenvalue weighted by molar-refractivity contribution is 0.111. The maximum atomic E-state index is 3.65. The molecule has 3 heterocycles. The first-order valence-electron chi connectivity index (χ1n) is 7.30. The molecule has 1 aromatic heterocycles. The van der Waals surface area contributed by atoms with Crippen LogP contribution in [0.2, 0.25) is 0 Å². The van der Waals surface area contributed by atoms with E-state index in [1.165, 1.54) is 37.1 Å². The van der Waals surface area contributed by atoms with E-state index in [0.29, 0.717) is 0 Å². The van der Waals surface area contributed by atoms with Crippen molar-refractivity contribution < 1.29 is 0 Å². The first kappa shape index (κ1) is 12.6. The summed E-state index contributed by atoms with van der Waals surface area (Å²) in [5, 5.41) is 3.65. The van der Waals surface area contributed by atoms with Crippen LogP contribution in [0.15, 0.2) is 12.1 Å². The zero-order chi connectivity index (χ0) is 12.5. The molecule has 0 amide bonds. The lowest BCUT2D eigenvalue weighted by atomic mass is 9.97. The van der Waals surface area contributed by atoms with Gasteiger partial charge in [-0.05, 0) is 51.3 Å². The van der Waals surface area contributed by atoms with E-state index >= 15 is 0 Å². The second-order valence-corrected chi connectivity index (χ2v) is 7.17. The molecule has 2 aliphatic heterocycles. The normalized spacial score (nSPS) is 32.0. The minimum atomic E-state index is 0.772. The van der Waals surface area contributed by atoms with E-state index in [4.69, 9.17) is 0 Å². The monoisotopic (exact) mass is 264 g/mol. The van der Waals surface area contributed by atoms with Crippen LogP contribution in [-0.2, 0) is 6.54 Å². The van der Waals surface area contributed by atoms with Gasteiger partial charge in [-0.25, -0.2) is 0 Å². The van der Waals surface area contributed by atoms with Crippen LogP contribution in [-0.4, -0.2) is 29.6 Å².